The third kappa shape index (κ3) is 4.42. The number of ether oxygens (including phenoxy) is 1. The van der Waals surface area contributed by atoms with Crippen LogP contribution in [0.2, 0.25) is 0 Å². The lowest BCUT2D eigenvalue weighted by Crippen LogP contribution is -2.25. The van der Waals surface area contributed by atoms with Crippen LogP contribution in [0, 0.1) is 0 Å². The molecular formula is C18H21N3O3S2. The molecule has 1 aromatic carbocycles. The van der Waals surface area contributed by atoms with Crippen LogP contribution in [0.5, 0.6) is 5.75 Å². The molecule has 3 rings (SSSR count). The Labute approximate surface area is 160 Å². The fourth-order valence-electron chi connectivity index (χ4n) is 2.58. The van der Waals surface area contributed by atoms with E-state index >= 15 is 0 Å². The molecule has 8 heteroatoms. The third-order valence-corrected chi connectivity index (χ3v) is 6.13. The predicted molar refractivity (Wildman–Crippen MR) is 106 cm³/mol. The molecule has 0 fully saturated rings. The number of H-pyrrole nitrogens is 1. The van der Waals surface area contributed by atoms with Gasteiger partial charge in [0.05, 0.1) is 17.6 Å². The molecule has 1 amide bonds. The van der Waals surface area contributed by atoms with Crippen LogP contribution in [0.25, 0.3) is 0 Å². The molecule has 0 radical (unpaired) electrons. The molecule has 6 nitrogen and oxygen atoms in total. The second-order valence-corrected chi connectivity index (χ2v) is 7.93. The fraction of sp³-hybridized carbons (Fsp3) is 0.389. The van der Waals surface area contributed by atoms with E-state index in [0.717, 1.165) is 22.8 Å². The molecule has 138 valence electrons. The van der Waals surface area contributed by atoms with Crippen molar-refractivity contribution in [2.24, 2.45) is 0 Å². The molecule has 0 saturated heterocycles. The highest BCUT2D eigenvalue weighted by Crippen LogP contribution is 2.29. The maximum Gasteiger partial charge on any atom is 0.255 e. The number of hydrogen-bond acceptors (Lipinski definition) is 6. The topological polar surface area (TPSA) is 84.1 Å². The first-order valence-electron chi connectivity index (χ1n) is 8.51. The molecular weight excluding hydrogens is 370 g/mol. The van der Waals surface area contributed by atoms with Gasteiger partial charge in [0.25, 0.3) is 5.56 Å². The quantitative estimate of drug-likeness (QED) is 0.556. The highest BCUT2D eigenvalue weighted by molar-refractivity contribution is 8.00. The van der Waals surface area contributed by atoms with Gasteiger partial charge in [0, 0.05) is 22.8 Å². The minimum Gasteiger partial charge on any atom is -0.494 e. The Morgan fingerprint density at radius 2 is 2.12 bits per heavy atom. The second-order valence-electron chi connectivity index (χ2n) is 5.75. The van der Waals surface area contributed by atoms with E-state index in [1.165, 1.54) is 11.8 Å². The number of carbonyl (C=O) groups is 1. The number of thioether (sulfide) groups is 2. The molecule has 26 heavy (non-hydrogen) atoms. The van der Waals surface area contributed by atoms with Crippen LogP contribution in [-0.2, 0) is 16.3 Å². The summed E-state index contributed by atoms with van der Waals surface area (Å²) in [5.41, 5.74) is 2.21. The van der Waals surface area contributed by atoms with Gasteiger partial charge in [0.2, 0.25) is 5.91 Å². The smallest absolute Gasteiger partial charge is 0.255 e. The van der Waals surface area contributed by atoms with Gasteiger partial charge in [-0.25, -0.2) is 4.98 Å². The molecule has 0 spiro atoms. The number of anilines is 1. The molecule has 2 aromatic rings. The lowest BCUT2D eigenvalue weighted by atomic mass is 10.2. The number of aromatic nitrogens is 2. The van der Waals surface area contributed by atoms with E-state index in [1.54, 1.807) is 11.8 Å². The lowest BCUT2D eigenvalue weighted by Gasteiger charge is -2.14. The zero-order chi connectivity index (χ0) is 18.5. The molecule has 0 aliphatic carbocycles. The molecule has 1 atom stereocenters. The predicted octanol–water partition coefficient (Wildman–Crippen LogP) is 3.42. The van der Waals surface area contributed by atoms with E-state index in [0.29, 0.717) is 29.6 Å². The zero-order valence-electron chi connectivity index (χ0n) is 14.7. The Hall–Kier alpha value is -1.93. The maximum absolute atomic E-state index is 12.6. The second kappa shape index (κ2) is 8.64. The van der Waals surface area contributed by atoms with Crippen molar-refractivity contribution in [1.82, 2.24) is 9.97 Å². The summed E-state index contributed by atoms with van der Waals surface area (Å²) in [6, 6.07) is 7.27. The van der Waals surface area contributed by atoms with Crippen LogP contribution in [0.3, 0.4) is 0 Å². The van der Waals surface area contributed by atoms with Crippen molar-refractivity contribution >= 4 is 35.1 Å². The van der Waals surface area contributed by atoms with Crippen molar-refractivity contribution in [1.29, 1.82) is 0 Å². The van der Waals surface area contributed by atoms with E-state index < -0.39 is 0 Å². The summed E-state index contributed by atoms with van der Waals surface area (Å²) in [6.07, 6.45) is 0.628. The van der Waals surface area contributed by atoms with Crippen molar-refractivity contribution in [2.75, 3.05) is 11.9 Å². The average molecular weight is 392 g/mol. The summed E-state index contributed by atoms with van der Waals surface area (Å²) in [6.45, 7) is 4.47. The van der Waals surface area contributed by atoms with Crippen molar-refractivity contribution in [3.63, 3.8) is 0 Å². The number of aromatic amines is 1. The molecule has 0 saturated carbocycles. The number of amides is 1. The molecule has 1 aromatic heterocycles. The van der Waals surface area contributed by atoms with Crippen LogP contribution in [0.15, 0.2) is 34.2 Å². The minimum absolute atomic E-state index is 0.0933. The van der Waals surface area contributed by atoms with Crippen LogP contribution >= 0.6 is 23.5 Å². The van der Waals surface area contributed by atoms with E-state index in [9.17, 15) is 9.59 Å². The third-order valence-electron chi connectivity index (χ3n) is 3.91. The van der Waals surface area contributed by atoms with Gasteiger partial charge in [0.15, 0.2) is 5.16 Å². The van der Waals surface area contributed by atoms with Crippen molar-refractivity contribution in [3.05, 3.63) is 45.9 Å². The molecule has 1 aliphatic heterocycles. The van der Waals surface area contributed by atoms with Gasteiger partial charge in [0.1, 0.15) is 5.75 Å². The number of carbonyl (C=O) groups excluding carboxylic acids is 1. The molecule has 2 heterocycles. The van der Waals surface area contributed by atoms with E-state index in [-0.39, 0.29) is 16.7 Å². The van der Waals surface area contributed by atoms with Gasteiger partial charge < -0.3 is 15.0 Å². The summed E-state index contributed by atoms with van der Waals surface area (Å²) in [7, 11) is 0. The number of hydrogen-bond donors (Lipinski definition) is 2. The maximum atomic E-state index is 12.6. The van der Waals surface area contributed by atoms with Gasteiger partial charge in [-0.15, -0.1) is 0 Å². The normalized spacial score (nSPS) is 13.9. The van der Waals surface area contributed by atoms with Crippen molar-refractivity contribution < 1.29 is 9.53 Å². The van der Waals surface area contributed by atoms with E-state index in [2.05, 4.69) is 15.3 Å². The first-order valence-corrected chi connectivity index (χ1v) is 10.5. The minimum atomic E-state index is -0.336. The van der Waals surface area contributed by atoms with Gasteiger partial charge >= 0.3 is 0 Å². The first kappa shape index (κ1) is 18.8. The number of fused-ring (bicyclic) bond motifs is 1. The van der Waals surface area contributed by atoms with Crippen molar-refractivity contribution in [2.45, 2.75) is 42.2 Å². The van der Waals surface area contributed by atoms with Crippen LogP contribution < -0.4 is 15.6 Å². The van der Waals surface area contributed by atoms with Crippen LogP contribution in [-0.4, -0.2) is 27.7 Å². The van der Waals surface area contributed by atoms with Gasteiger partial charge in [-0.3, -0.25) is 9.59 Å². The largest absolute Gasteiger partial charge is 0.494 e. The summed E-state index contributed by atoms with van der Waals surface area (Å²) in [5, 5.41) is 3.08. The molecule has 1 aliphatic rings. The van der Waals surface area contributed by atoms with Crippen LogP contribution in [0.4, 0.5) is 5.69 Å². The first-order chi connectivity index (χ1) is 12.6. The van der Waals surface area contributed by atoms with Crippen LogP contribution in [0.1, 0.15) is 31.5 Å². The summed E-state index contributed by atoms with van der Waals surface area (Å²) < 4.78 is 5.40. The Morgan fingerprint density at radius 3 is 2.81 bits per heavy atom. The Balaban J connectivity index is 1.67. The summed E-state index contributed by atoms with van der Waals surface area (Å²) in [4.78, 5) is 32.0. The Morgan fingerprint density at radius 1 is 1.35 bits per heavy atom. The van der Waals surface area contributed by atoms with Gasteiger partial charge in [-0.1, -0.05) is 18.7 Å². The van der Waals surface area contributed by atoms with Crippen molar-refractivity contribution in [3.8, 4) is 5.75 Å². The number of nitrogens with one attached hydrogen (secondary N) is 2. The number of benzene rings is 1. The van der Waals surface area contributed by atoms with E-state index in [4.69, 9.17) is 4.74 Å². The Kier molecular flexibility index (Phi) is 6.26. The lowest BCUT2D eigenvalue weighted by molar-refractivity contribution is -0.115. The van der Waals surface area contributed by atoms with E-state index in [1.807, 2.05) is 38.1 Å². The standard InChI is InChI=1S/C18H21N3O3S2/c1-3-15(17(23)19-11-5-7-12(8-6-11)24-4-2)26-18-20-14-10-25-9-13(14)16(22)21-18/h5-8,15H,3-4,9-10H2,1-2H3,(H,19,23)(H,20,21,22). The number of nitrogens with zero attached hydrogens (tertiary/aromatic N) is 1. The Bertz CT molecular complexity index is 837. The zero-order valence-corrected chi connectivity index (χ0v) is 16.3. The average Bonchev–Trinajstić information content (AvgIpc) is 3.10. The fourth-order valence-corrected chi connectivity index (χ4v) is 4.53. The molecule has 2 N–H and O–H groups in total. The molecule has 0 bridgehead atoms. The van der Waals surface area contributed by atoms with Gasteiger partial charge in [-0.2, -0.15) is 11.8 Å². The summed E-state index contributed by atoms with van der Waals surface area (Å²) >= 11 is 2.98. The SMILES string of the molecule is CCOc1ccc(NC(=O)C(CC)Sc2nc3c(c(=O)[nH]2)CSC3)cc1. The summed E-state index contributed by atoms with van der Waals surface area (Å²) in [5.74, 6) is 2.11. The molecule has 1 unspecified atom stereocenters. The number of rotatable bonds is 7. The highest BCUT2D eigenvalue weighted by Gasteiger charge is 2.22. The monoisotopic (exact) mass is 391 g/mol. The highest BCUT2D eigenvalue weighted by atomic mass is 32.2. The van der Waals surface area contributed by atoms with Gasteiger partial charge in [-0.05, 0) is 37.6 Å².